The van der Waals surface area contributed by atoms with Gasteiger partial charge < -0.3 is 30.7 Å². The number of fused-ring (bicyclic) bond motifs is 1. The molecule has 0 aromatic carbocycles. The van der Waals surface area contributed by atoms with Crippen LogP contribution in [0.2, 0.25) is 0 Å². The van der Waals surface area contributed by atoms with Gasteiger partial charge in [-0.2, -0.15) is 0 Å². The lowest BCUT2D eigenvalue weighted by Crippen LogP contribution is -2.41. The zero-order valence-electron chi connectivity index (χ0n) is 23.7. The molecule has 0 saturated heterocycles. The number of carboxylic acid groups (broad SMARTS) is 2. The topological polar surface area (TPSA) is 165 Å². The van der Waals surface area contributed by atoms with Crippen LogP contribution in [0.25, 0.3) is 0 Å². The number of ether oxygens (including phenoxy) is 2. The van der Waals surface area contributed by atoms with Crippen molar-refractivity contribution in [2.75, 3.05) is 13.1 Å². The van der Waals surface area contributed by atoms with Crippen molar-refractivity contribution in [2.24, 2.45) is 34.8 Å². The molecule has 3 rings (SSSR count). The average molecular weight is 541 g/mol. The standard InChI is InChI=1S/C16H27NO6.C10H17N.C2H4O2/c1-11(2)14(20)22-12(3)23-15(21)17-10-16(9-13(18)19)7-5-4-6-8-16;1-2-7-3-8-5-9(6-11)10(8)4-7;1-2(3)4/h11-12H,4-10H2,1-3H3,(H,17,21)(H,18,19);4,8-10H,2-3,5-6,11H2,1H3;1H3,(H,3,4). The van der Waals surface area contributed by atoms with Crippen molar-refractivity contribution in [1.82, 2.24) is 5.32 Å². The molecular weight excluding hydrogens is 492 g/mol. The zero-order valence-corrected chi connectivity index (χ0v) is 23.7. The van der Waals surface area contributed by atoms with Crippen molar-refractivity contribution in [2.45, 2.75) is 98.7 Å². The molecule has 0 aliphatic heterocycles. The Labute approximate surface area is 226 Å². The molecule has 4 atom stereocenters. The Morgan fingerprint density at radius 1 is 1.11 bits per heavy atom. The summed E-state index contributed by atoms with van der Waals surface area (Å²) >= 11 is 0. The summed E-state index contributed by atoms with van der Waals surface area (Å²) in [6, 6.07) is 0. The predicted molar refractivity (Wildman–Crippen MR) is 143 cm³/mol. The number of carbonyl (C=O) groups is 4. The van der Waals surface area contributed by atoms with Gasteiger partial charge in [0.15, 0.2) is 0 Å². The highest BCUT2D eigenvalue weighted by Gasteiger charge is 2.41. The highest BCUT2D eigenvalue weighted by molar-refractivity contribution is 5.72. The van der Waals surface area contributed by atoms with Gasteiger partial charge in [0.2, 0.25) is 6.29 Å². The fraction of sp³-hybridized carbons (Fsp3) is 0.786. The second-order valence-corrected chi connectivity index (χ2v) is 11.0. The van der Waals surface area contributed by atoms with Crippen molar-refractivity contribution >= 4 is 24.0 Å². The Morgan fingerprint density at radius 2 is 1.71 bits per heavy atom. The van der Waals surface area contributed by atoms with Crippen LogP contribution in [0, 0.1) is 29.1 Å². The third-order valence-electron chi connectivity index (χ3n) is 7.48. The van der Waals surface area contributed by atoms with E-state index in [-0.39, 0.29) is 18.9 Å². The quantitative estimate of drug-likeness (QED) is 0.184. The molecule has 10 heteroatoms. The van der Waals surface area contributed by atoms with Crippen LogP contribution in [0.5, 0.6) is 0 Å². The predicted octanol–water partition coefficient (Wildman–Crippen LogP) is 4.71. The first kappa shape index (κ1) is 33.4. The molecule has 2 saturated carbocycles. The molecule has 3 aliphatic rings. The number of esters is 1. The highest BCUT2D eigenvalue weighted by atomic mass is 16.7. The maximum Gasteiger partial charge on any atom is 0.410 e. The van der Waals surface area contributed by atoms with Crippen molar-refractivity contribution in [3.63, 3.8) is 0 Å². The number of nitrogens with one attached hydrogen (secondary N) is 1. The van der Waals surface area contributed by atoms with E-state index < -0.39 is 35.7 Å². The molecule has 0 aromatic rings. The van der Waals surface area contributed by atoms with E-state index in [4.69, 9.17) is 30.2 Å². The van der Waals surface area contributed by atoms with E-state index in [1.165, 1.54) is 26.2 Å². The number of aliphatic carboxylic acids is 2. The summed E-state index contributed by atoms with van der Waals surface area (Å²) in [5.74, 6) is 0.240. The van der Waals surface area contributed by atoms with Crippen LogP contribution in [0.3, 0.4) is 0 Å². The molecule has 0 aromatic heterocycles. The van der Waals surface area contributed by atoms with Crippen LogP contribution in [0.1, 0.15) is 92.4 Å². The van der Waals surface area contributed by atoms with E-state index in [2.05, 4.69) is 18.3 Å². The van der Waals surface area contributed by atoms with Gasteiger partial charge in [-0.3, -0.25) is 14.4 Å². The fourth-order valence-electron chi connectivity index (χ4n) is 5.39. The van der Waals surface area contributed by atoms with Crippen LogP contribution < -0.4 is 11.1 Å². The lowest BCUT2D eigenvalue weighted by molar-refractivity contribution is -0.168. The second-order valence-electron chi connectivity index (χ2n) is 11.0. The molecule has 218 valence electrons. The van der Waals surface area contributed by atoms with Crippen LogP contribution in [-0.2, 0) is 23.9 Å². The summed E-state index contributed by atoms with van der Waals surface area (Å²) in [6.45, 7) is 9.33. The fourth-order valence-corrected chi connectivity index (χ4v) is 5.39. The van der Waals surface area contributed by atoms with Crippen LogP contribution in [-0.4, -0.2) is 53.6 Å². The van der Waals surface area contributed by atoms with Crippen molar-refractivity contribution in [3.05, 3.63) is 11.6 Å². The number of carboxylic acids is 2. The lowest BCUT2D eigenvalue weighted by atomic mass is 9.66. The number of rotatable bonds is 9. The molecule has 1 amide bonds. The van der Waals surface area contributed by atoms with E-state index in [0.29, 0.717) is 0 Å². The number of alkyl carbamates (subject to hydrolysis) is 1. The molecule has 0 bridgehead atoms. The minimum atomic E-state index is -0.980. The molecule has 2 fully saturated rings. The Kier molecular flexibility index (Phi) is 14.4. The lowest BCUT2D eigenvalue weighted by Gasteiger charge is -2.39. The number of hydrogen-bond donors (Lipinski definition) is 4. The first-order valence-corrected chi connectivity index (χ1v) is 13.8. The minimum Gasteiger partial charge on any atom is -0.481 e. The number of hydrogen-bond acceptors (Lipinski definition) is 7. The van der Waals surface area contributed by atoms with Gasteiger partial charge in [0.25, 0.3) is 5.97 Å². The second kappa shape index (κ2) is 16.4. The smallest absolute Gasteiger partial charge is 0.410 e. The Morgan fingerprint density at radius 3 is 2.21 bits per heavy atom. The molecule has 0 radical (unpaired) electrons. The minimum absolute atomic E-state index is 0.0329. The van der Waals surface area contributed by atoms with Gasteiger partial charge in [-0.15, -0.1) is 0 Å². The SMILES string of the molecule is CC(=O)O.CC(OC(=O)NCC1(CC(=O)O)CCCCC1)OC(=O)C(C)C.CCC1=CC2C(CN)CC2C1. The maximum absolute atomic E-state index is 11.8. The molecule has 0 spiro atoms. The van der Waals surface area contributed by atoms with Gasteiger partial charge in [0, 0.05) is 20.4 Å². The highest BCUT2D eigenvalue weighted by Crippen LogP contribution is 2.49. The maximum atomic E-state index is 11.8. The largest absolute Gasteiger partial charge is 0.481 e. The number of nitrogens with two attached hydrogens (primary N) is 1. The van der Waals surface area contributed by atoms with E-state index in [1.807, 2.05) is 0 Å². The number of carbonyl (C=O) groups excluding carboxylic acids is 2. The van der Waals surface area contributed by atoms with Gasteiger partial charge in [-0.05, 0) is 61.8 Å². The first-order valence-electron chi connectivity index (χ1n) is 13.8. The molecule has 3 aliphatic carbocycles. The summed E-state index contributed by atoms with van der Waals surface area (Å²) in [5, 5.41) is 19.1. The third kappa shape index (κ3) is 11.8. The van der Waals surface area contributed by atoms with E-state index in [9.17, 15) is 14.4 Å². The van der Waals surface area contributed by atoms with Gasteiger partial charge in [0.1, 0.15) is 0 Å². The Hall–Kier alpha value is -2.62. The van der Waals surface area contributed by atoms with Gasteiger partial charge in [0.05, 0.1) is 12.3 Å². The molecule has 10 nitrogen and oxygen atoms in total. The summed E-state index contributed by atoms with van der Waals surface area (Å²) in [4.78, 5) is 43.3. The van der Waals surface area contributed by atoms with Crippen LogP contribution >= 0.6 is 0 Å². The van der Waals surface area contributed by atoms with Crippen molar-refractivity contribution in [1.29, 1.82) is 0 Å². The van der Waals surface area contributed by atoms with Crippen LogP contribution in [0.4, 0.5) is 4.79 Å². The number of allylic oxidation sites excluding steroid dienone is 2. The van der Waals surface area contributed by atoms with E-state index >= 15 is 0 Å². The zero-order chi connectivity index (χ0) is 28.9. The average Bonchev–Trinajstić information content (AvgIpc) is 3.14. The summed E-state index contributed by atoms with van der Waals surface area (Å²) in [7, 11) is 0. The molecule has 4 unspecified atom stereocenters. The molecule has 5 N–H and O–H groups in total. The van der Waals surface area contributed by atoms with Gasteiger partial charge in [-0.1, -0.05) is 51.7 Å². The summed E-state index contributed by atoms with van der Waals surface area (Å²) in [5.41, 5.74) is 6.91. The van der Waals surface area contributed by atoms with Gasteiger partial charge >= 0.3 is 18.0 Å². The summed E-state index contributed by atoms with van der Waals surface area (Å²) in [6.07, 6.45) is 9.43. The Balaban J connectivity index is 0.000000393. The van der Waals surface area contributed by atoms with Gasteiger partial charge in [-0.25, -0.2) is 4.79 Å². The van der Waals surface area contributed by atoms with E-state index in [0.717, 1.165) is 63.3 Å². The van der Waals surface area contributed by atoms with Crippen LogP contribution in [0.15, 0.2) is 11.6 Å². The monoisotopic (exact) mass is 540 g/mol. The number of amides is 1. The third-order valence-corrected chi connectivity index (χ3v) is 7.48. The van der Waals surface area contributed by atoms with Crippen molar-refractivity contribution in [3.8, 4) is 0 Å². The summed E-state index contributed by atoms with van der Waals surface area (Å²) < 4.78 is 9.92. The van der Waals surface area contributed by atoms with Crippen molar-refractivity contribution < 1.29 is 38.9 Å². The molecule has 0 heterocycles. The Bertz CT molecular complexity index is 816. The normalized spacial score (nSPS) is 23.6. The molecular formula is C28H48N2O8. The van der Waals surface area contributed by atoms with E-state index in [1.54, 1.807) is 19.4 Å². The molecule has 38 heavy (non-hydrogen) atoms. The first-order chi connectivity index (χ1) is 17.8.